The van der Waals surface area contributed by atoms with Gasteiger partial charge in [-0.25, -0.2) is 0 Å². The fraction of sp³-hybridized carbons (Fsp3) is 0.625. The molecule has 1 unspecified atom stereocenters. The molecule has 0 spiro atoms. The van der Waals surface area contributed by atoms with Gasteiger partial charge in [0.05, 0.1) is 0 Å². The van der Waals surface area contributed by atoms with Crippen LogP contribution in [0.5, 0.6) is 0 Å². The van der Waals surface area contributed by atoms with Crippen molar-refractivity contribution in [2.45, 2.75) is 51.5 Å². The highest BCUT2D eigenvalue weighted by atomic mass is 15.0. The maximum absolute atomic E-state index is 3.76. The van der Waals surface area contributed by atoms with E-state index in [4.69, 9.17) is 0 Å². The Balaban J connectivity index is 1.84. The van der Waals surface area contributed by atoms with Crippen molar-refractivity contribution < 1.29 is 0 Å². The molecule has 0 aromatic heterocycles. The summed E-state index contributed by atoms with van der Waals surface area (Å²) < 4.78 is 0. The Bertz CT molecular complexity index is 323. The minimum atomic E-state index is 0.425. The third kappa shape index (κ3) is 3.10. The molecule has 1 aromatic rings. The van der Waals surface area contributed by atoms with Gasteiger partial charge < -0.3 is 5.32 Å². The maximum Gasteiger partial charge on any atom is 0.0205 e. The molecule has 1 aliphatic rings. The normalized spacial score (nSPS) is 24.4. The third-order valence-electron chi connectivity index (χ3n) is 4.31. The van der Waals surface area contributed by atoms with E-state index in [1.165, 1.54) is 44.2 Å². The minimum absolute atomic E-state index is 0.425. The fourth-order valence-electron chi connectivity index (χ4n) is 3.08. The quantitative estimate of drug-likeness (QED) is 0.813. The fourth-order valence-corrected chi connectivity index (χ4v) is 3.08. The lowest BCUT2D eigenvalue weighted by atomic mass is 9.80. The summed E-state index contributed by atoms with van der Waals surface area (Å²) in [5.74, 6) is 0.751. The number of hydrogen-bond donors (Lipinski definition) is 1. The van der Waals surface area contributed by atoms with Crippen LogP contribution in [-0.2, 0) is 6.42 Å². The van der Waals surface area contributed by atoms with Crippen LogP contribution in [0.4, 0.5) is 0 Å². The third-order valence-corrected chi connectivity index (χ3v) is 4.31. The molecule has 1 aromatic carbocycles. The van der Waals surface area contributed by atoms with E-state index in [1.807, 2.05) is 0 Å². The Morgan fingerprint density at radius 3 is 2.59 bits per heavy atom. The van der Waals surface area contributed by atoms with Crippen molar-refractivity contribution in [3.63, 3.8) is 0 Å². The van der Waals surface area contributed by atoms with Crippen molar-refractivity contribution in [1.29, 1.82) is 0 Å². The van der Waals surface area contributed by atoms with Crippen LogP contribution in [0.1, 0.15) is 45.1 Å². The van der Waals surface area contributed by atoms with Crippen molar-refractivity contribution in [1.82, 2.24) is 5.32 Å². The highest BCUT2D eigenvalue weighted by Gasteiger charge is 2.35. The predicted octanol–water partition coefficient (Wildman–Crippen LogP) is 3.79. The van der Waals surface area contributed by atoms with E-state index in [9.17, 15) is 0 Å². The second kappa shape index (κ2) is 5.68. The molecule has 1 heterocycles. The van der Waals surface area contributed by atoms with Crippen molar-refractivity contribution >= 4 is 0 Å². The molecule has 1 nitrogen and oxygen atoms in total. The first-order chi connectivity index (χ1) is 8.23. The van der Waals surface area contributed by atoms with Gasteiger partial charge in [-0.3, -0.25) is 0 Å². The average molecular weight is 231 g/mol. The van der Waals surface area contributed by atoms with E-state index in [2.05, 4.69) is 49.5 Å². The van der Waals surface area contributed by atoms with E-state index in [0.717, 1.165) is 5.92 Å². The number of aryl methyl sites for hydroxylation is 1. The Morgan fingerprint density at radius 2 is 2.00 bits per heavy atom. The first-order valence-corrected chi connectivity index (χ1v) is 7.02. The molecule has 1 aliphatic heterocycles. The molecule has 1 N–H and O–H groups in total. The largest absolute Gasteiger partial charge is 0.311 e. The number of rotatable bonds is 5. The van der Waals surface area contributed by atoms with Gasteiger partial charge in [-0.15, -0.1) is 0 Å². The molecule has 1 atom stereocenters. The van der Waals surface area contributed by atoms with Crippen LogP contribution in [0.15, 0.2) is 30.3 Å². The standard InChI is InChI=1S/C16H25N/c1-14(2)16(12-7-13-17-16)11-6-10-15-8-4-3-5-9-15/h3-5,8-9,14,17H,6-7,10-13H2,1-2H3. The predicted molar refractivity (Wildman–Crippen MR) is 74.2 cm³/mol. The highest BCUT2D eigenvalue weighted by molar-refractivity contribution is 5.14. The van der Waals surface area contributed by atoms with Crippen LogP contribution >= 0.6 is 0 Å². The summed E-state index contributed by atoms with van der Waals surface area (Å²) in [7, 11) is 0. The van der Waals surface area contributed by atoms with Crippen LogP contribution in [0, 0.1) is 5.92 Å². The molecule has 94 valence electrons. The van der Waals surface area contributed by atoms with Crippen LogP contribution in [0.3, 0.4) is 0 Å². The molecular weight excluding hydrogens is 206 g/mol. The number of benzene rings is 1. The zero-order valence-corrected chi connectivity index (χ0v) is 11.2. The Morgan fingerprint density at radius 1 is 1.24 bits per heavy atom. The zero-order chi connectivity index (χ0) is 12.1. The van der Waals surface area contributed by atoms with E-state index in [1.54, 1.807) is 0 Å². The van der Waals surface area contributed by atoms with Gasteiger partial charge in [0.15, 0.2) is 0 Å². The Labute approximate surface area is 106 Å². The summed E-state index contributed by atoms with van der Waals surface area (Å²) >= 11 is 0. The average Bonchev–Trinajstić information content (AvgIpc) is 2.80. The monoisotopic (exact) mass is 231 g/mol. The van der Waals surface area contributed by atoms with Gasteiger partial charge in [0.2, 0.25) is 0 Å². The lowest BCUT2D eigenvalue weighted by molar-refractivity contribution is 0.246. The van der Waals surface area contributed by atoms with Crippen molar-refractivity contribution in [3.8, 4) is 0 Å². The van der Waals surface area contributed by atoms with E-state index < -0.39 is 0 Å². The van der Waals surface area contributed by atoms with Gasteiger partial charge in [0.25, 0.3) is 0 Å². The summed E-state index contributed by atoms with van der Waals surface area (Å²) in [6.45, 7) is 5.94. The molecular formula is C16H25N. The van der Waals surface area contributed by atoms with E-state index >= 15 is 0 Å². The van der Waals surface area contributed by atoms with Crippen LogP contribution < -0.4 is 5.32 Å². The second-order valence-electron chi connectivity index (χ2n) is 5.68. The Hall–Kier alpha value is -0.820. The molecule has 0 amide bonds. The summed E-state index contributed by atoms with van der Waals surface area (Å²) in [5.41, 5.74) is 1.90. The summed E-state index contributed by atoms with van der Waals surface area (Å²) in [6, 6.07) is 10.9. The van der Waals surface area contributed by atoms with Gasteiger partial charge in [-0.05, 0) is 50.1 Å². The molecule has 2 rings (SSSR count). The summed E-state index contributed by atoms with van der Waals surface area (Å²) in [5, 5.41) is 3.76. The van der Waals surface area contributed by atoms with E-state index in [0.29, 0.717) is 5.54 Å². The van der Waals surface area contributed by atoms with E-state index in [-0.39, 0.29) is 0 Å². The molecule has 0 radical (unpaired) electrons. The molecule has 17 heavy (non-hydrogen) atoms. The lowest BCUT2D eigenvalue weighted by Gasteiger charge is -2.34. The number of nitrogens with one attached hydrogen (secondary N) is 1. The van der Waals surface area contributed by atoms with Crippen molar-refractivity contribution in [3.05, 3.63) is 35.9 Å². The minimum Gasteiger partial charge on any atom is -0.311 e. The summed E-state index contributed by atoms with van der Waals surface area (Å²) in [6.07, 6.45) is 6.55. The van der Waals surface area contributed by atoms with Crippen molar-refractivity contribution in [2.24, 2.45) is 5.92 Å². The zero-order valence-electron chi connectivity index (χ0n) is 11.2. The van der Waals surface area contributed by atoms with Crippen LogP contribution in [0.25, 0.3) is 0 Å². The molecule has 1 fully saturated rings. The molecule has 1 heteroatoms. The van der Waals surface area contributed by atoms with Crippen molar-refractivity contribution in [2.75, 3.05) is 6.54 Å². The second-order valence-corrected chi connectivity index (χ2v) is 5.68. The van der Waals surface area contributed by atoms with Gasteiger partial charge in [0.1, 0.15) is 0 Å². The van der Waals surface area contributed by atoms with Gasteiger partial charge in [0, 0.05) is 5.54 Å². The lowest BCUT2D eigenvalue weighted by Crippen LogP contribution is -2.44. The Kier molecular flexibility index (Phi) is 4.22. The van der Waals surface area contributed by atoms with Crippen LogP contribution in [-0.4, -0.2) is 12.1 Å². The first kappa shape index (κ1) is 12.6. The van der Waals surface area contributed by atoms with Gasteiger partial charge in [-0.2, -0.15) is 0 Å². The first-order valence-electron chi connectivity index (χ1n) is 7.02. The number of hydrogen-bond acceptors (Lipinski definition) is 1. The molecule has 1 saturated heterocycles. The SMILES string of the molecule is CC(C)C1(CCCc2ccccc2)CCCN1. The molecule has 0 bridgehead atoms. The maximum atomic E-state index is 3.76. The van der Waals surface area contributed by atoms with Crippen LogP contribution in [0.2, 0.25) is 0 Å². The smallest absolute Gasteiger partial charge is 0.0205 e. The summed E-state index contributed by atoms with van der Waals surface area (Å²) in [4.78, 5) is 0. The highest BCUT2D eigenvalue weighted by Crippen LogP contribution is 2.32. The van der Waals surface area contributed by atoms with Gasteiger partial charge in [-0.1, -0.05) is 44.2 Å². The molecule has 0 saturated carbocycles. The topological polar surface area (TPSA) is 12.0 Å². The molecule has 0 aliphatic carbocycles. The van der Waals surface area contributed by atoms with Gasteiger partial charge >= 0.3 is 0 Å².